The van der Waals surface area contributed by atoms with Crippen LogP contribution in [0.1, 0.15) is 34.1 Å². The van der Waals surface area contributed by atoms with Gasteiger partial charge in [-0.05, 0) is 36.6 Å². The highest BCUT2D eigenvalue weighted by molar-refractivity contribution is 5.91. The number of amides is 1. The summed E-state index contributed by atoms with van der Waals surface area (Å²) in [5, 5.41) is 20.8. The van der Waals surface area contributed by atoms with Crippen LogP contribution in [0.4, 0.5) is 0 Å². The van der Waals surface area contributed by atoms with Gasteiger partial charge in [-0.1, -0.05) is 47.7 Å². The van der Waals surface area contributed by atoms with Crippen LogP contribution in [-0.2, 0) is 0 Å². The van der Waals surface area contributed by atoms with E-state index in [1.54, 1.807) is 10.9 Å². The molecule has 0 spiro atoms. The molecular weight excluding hydrogens is 316 g/mol. The van der Waals surface area contributed by atoms with Gasteiger partial charge in [-0.3, -0.25) is 4.79 Å². The Labute approximate surface area is 146 Å². The van der Waals surface area contributed by atoms with E-state index in [9.17, 15) is 9.90 Å². The minimum atomic E-state index is -0.607. The maximum absolute atomic E-state index is 12.2. The zero-order valence-corrected chi connectivity index (χ0v) is 14.0. The Hall–Kier alpha value is -2.99. The summed E-state index contributed by atoms with van der Waals surface area (Å²) < 4.78 is 1.57. The Morgan fingerprint density at radius 1 is 1.20 bits per heavy atom. The van der Waals surface area contributed by atoms with Crippen LogP contribution in [0.2, 0.25) is 0 Å². The predicted molar refractivity (Wildman–Crippen MR) is 94.4 cm³/mol. The van der Waals surface area contributed by atoms with Crippen molar-refractivity contribution >= 4 is 5.91 Å². The van der Waals surface area contributed by atoms with E-state index in [-0.39, 0.29) is 11.6 Å². The second-order valence-corrected chi connectivity index (χ2v) is 5.86. The van der Waals surface area contributed by atoms with Crippen LogP contribution in [0.5, 0.6) is 0 Å². The number of aryl methyl sites for hydroxylation is 1. The molecule has 1 amide bonds. The summed E-state index contributed by atoms with van der Waals surface area (Å²) in [7, 11) is 0. The molecule has 0 saturated heterocycles. The van der Waals surface area contributed by atoms with Crippen molar-refractivity contribution in [2.24, 2.45) is 0 Å². The normalized spacial score (nSPS) is 11.9. The lowest BCUT2D eigenvalue weighted by Crippen LogP contribution is -2.26. The molecule has 0 aliphatic carbocycles. The van der Waals surface area contributed by atoms with Gasteiger partial charge in [0.2, 0.25) is 0 Å². The lowest BCUT2D eigenvalue weighted by atomic mass is 10.1. The van der Waals surface area contributed by atoms with Crippen LogP contribution in [0.3, 0.4) is 0 Å². The molecule has 128 valence electrons. The van der Waals surface area contributed by atoms with Gasteiger partial charge < -0.3 is 10.4 Å². The molecule has 0 fully saturated rings. The van der Waals surface area contributed by atoms with E-state index in [2.05, 4.69) is 15.6 Å². The number of hydrogen-bond acceptors (Lipinski definition) is 4. The fourth-order valence-corrected chi connectivity index (χ4v) is 2.52. The third-order valence-electron chi connectivity index (χ3n) is 3.88. The zero-order chi connectivity index (χ0) is 17.6. The van der Waals surface area contributed by atoms with Crippen molar-refractivity contribution in [3.05, 3.63) is 77.6 Å². The Morgan fingerprint density at radius 2 is 2.00 bits per heavy atom. The van der Waals surface area contributed by atoms with E-state index < -0.39 is 6.10 Å². The minimum absolute atomic E-state index is 0.246. The number of benzene rings is 2. The van der Waals surface area contributed by atoms with Crippen LogP contribution in [0.15, 0.2) is 60.8 Å². The van der Waals surface area contributed by atoms with Gasteiger partial charge in [0.25, 0.3) is 5.91 Å². The topological polar surface area (TPSA) is 80.0 Å². The summed E-state index contributed by atoms with van der Waals surface area (Å²) >= 11 is 0. The van der Waals surface area contributed by atoms with Crippen LogP contribution < -0.4 is 5.32 Å². The fourth-order valence-electron chi connectivity index (χ4n) is 2.52. The van der Waals surface area contributed by atoms with Crippen molar-refractivity contribution in [2.45, 2.75) is 19.4 Å². The van der Waals surface area contributed by atoms with Gasteiger partial charge >= 0.3 is 0 Å². The quantitative estimate of drug-likeness (QED) is 0.724. The number of aromatic nitrogens is 3. The number of aliphatic hydroxyl groups is 1. The lowest BCUT2D eigenvalue weighted by Gasteiger charge is -2.10. The van der Waals surface area contributed by atoms with Crippen LogP contribution in [0, 0.1) is 6.92 Å². The minimum Gasteiger partial charge on any atom is -0.388 e. The highest BCUT2D eigenvalue weighted by Crippen LogP contribution is 2.15. The molecule has 6 heteroatoms. The molecule has 6 nitrogen and oxygen atoms in total. The number of nitrogens with one attached hydrogen (secondary N) is 1. The molecule has 0 radical (unpaired) electrons. The van der Waals surface area contributed by atoms with Gasteiger partial charge in [0.1, 0.15) is 0 Å². The number of carbonyl (C=O) groups is 1. The lowest BCUT2D eigenvalue weighted by molar-refractivity contribution is 0.0937. The van der Waals surface area contributed by atoms with Crippen molar-refractivity contribution in [1.29, 1.82) is 0 Å². The monoisotopic (exact) mass is 336 g/mol. The Bertz CT molecular complexity index is 845. The molecule has 3 aromatic rings. The summed E-state index contributed by atoms with van der Waals surface area (Å²) in [6.45, 7) is 2.35. The van der Waals surface area contributed by atoms with Crippen molar-refractivity contribution in [3.8, 4) is 5.69 Å². The van der Waals surface area contributed by atoms with Crippen molar-refractivity contribution in [2.75, 3.05) is 6.54 Å². The zero-order valence-electron chi connectivity index (χ0n) is 14.0. The number of carbonyl (C=O) groups excluding carboxylic acids is 1. The van der Waals surface area contributed by atoms with Gasteiger partial charge in [-0.2, -0.15) is 0 Å². The predicted octanol–water partition coefficient (Wildman–Crippen LogP) is 2.43. The number of rotatable bonds is 6. The van der Waals surface area contributed by atoms with Gasteiger partial charge in [0.05, 0.1) is 18.0 Å². The van der Waals surface area contributed by atoms with Crippen molar-refractivity contribution < 1.29 is 9.90 Å². The van der Waals surface area contributed by atoms with E-state index >= 15 is 0 Å². The molecule has 0 saturated carbocycles. The summed E-state index contributed by atoms with van der Waals surface area (Å²) in [5.74, 6) is -0.306. The third kappa shape index (κ3) is 4.30. The average Bonchev–Trinajstić information content (AvgIpc) is 3.12. The first-order valence-corrected chi connectivity index (χ1v) is 8.14. The van der Waals surface area contributed by atoms with Crippen LogP contribution >= 0.6 is 0 Å². The molecule has 3 rings (SSSR count). The molecule has 1 aromatic heterocycles. The molecule has 0 aliphatic rings. The first-order chi connectivity index (χ1) is 12.1. The molecule has 1 unspecified atom stereocenters. The van der Waals surface area contributed by atoms with Crippen LogP contribution in [0.25, 0.3) is 5.69 Å². The van der Waals surface area contributed by atoms with Gasteiger partial charge in [-0.25, -0.2) is 4.68 Å². The summed E-state index contributed by atoms with van der Waals surface area (Å²) in [6.07, 6.45) is 1.42. The molecular formula is C19H20N4O2. The molecule has 1 heterocycles. The number of aliphatic hydroxyl groups excluding tert-OH is 1. The molecule has 2 aromatic carbocycles. The van der Waals surface area contributed by atoms with Gasteiger partial charge in [0.15, 0.2) is 5.69 Å². The number of nitrogens with zero attached hydrogens (tertiary/aromatic N) is 3. The molecule has 1 atom stereocenters. The van der Waals surface area contributed by atoms with Gasteiger partial charge in [-0.15, -0.1) is 5.10 Å². The summed E-state index contributed by atoms with van der Waals surface area (Å²) in [6, 6.07) is 17.2. The second kappa shape index (κ2) is 7.72. The van der Waals surface area contributed by atoms with Gasteiger partial charge in [0, 0.05) is 6.54 Å². The van der Waals surface area contributed by atoms with E-state index in [1.807, 2.05) is 61.5 Å². The Balaban J connectivity index is 1.55. The summed E-state index contributed by atoms with van der Waals surface area (Å²) in [5.41, 5.74) is 3.04. The molecule has 0 bridgehead atoms. The van der Waals surface area contributed by atoms with E-state index in [4.69, 9.17) is 0 Å². The fraction of sp³-hybridized carbons (Fsp3) is 0.211. The summed E-state index contributed by atoms with van der Waals surface area (Å²) in [4.78, 5) is 12.2. The Morgan fingerprint density at radius 3 is 2.76 bits per heavy atom. The smallest absolute Gasteiger partial charge is 0.273 e. The SMILES string of the molecule is Cc1cccc(-n2cc(C(=O)NCCC(O)c3ccccc3)nn2)c1. The Kier molecular flexibility index (Phi) is 5.20. The number of hydrogen-bond donors (Lipinski definition) is 2. The van der Waals surface area contributed by atoms with Crippen molar-refractivity contribution in [1.82, 2.24) is 20.3 Å². The first kappa shape index (κ1) is 16.9. The average molecular weight is 336 g/mol. The molecule has 0 aliphatic heterocycles. The van der Waals surface area contributed by atoms with E-state index in [0.29, 0.717) is 13.0 Å². The third-order valence-corrected chi connectivity index (χ3v) is 3.88. The van der Waals surface area contributed by atoms with Crippen LogP contribution in [-0.4, -0.2) is 32.6 Å². The largest absolute Gasteiger partial charge is 0.388 e. The molecule has 25 heavy (non-hydrogen) atoms. The standard InChI is InChI=1S/C19H20N4O2/c1-14-6-5-9-16(12-14)23-13-17(21-22-23)19(25)20-11-10-18(24)15-7-3-2-4-8-15/h2-9,12-13,18,24H,10-11H2,1H3,(H,20,25). The maximum atomic E-state index is 12.2. The van der Waals surface area contributed by atoms with E-state index in [0.717, 1.165) is 16.8 Å². The molecule has 2 N–H and O–H groups in total. The highest BCUT2D eigenvalue weighted by atomic mass is 16.3. The first-order valence-electron chi connectivity index (χ1n) is 8.14. The van der Waals surface area contributed by atoms with E-state index in [1.165, 1.54) is 0 Å². The second-order valence-electron chi connectivity index (χ2n) is 5.86. The maximum Gasteiger partial charge on any atom is 0.273 e. The highest BCUT2D eigenvalue weighted by Gasteiger charge is 2.13. The van der Waals surface area contributed by atoms with Crippen molar-refractivity contribution in [3.63, 3.8) is 0 Å².